The summed E-state index contributed by atoms with van der Waals surface area (Å²) in [6, 6.07) is 0. The Labute approximate surface area is 73.0 Å². The third-order valence-corrected chi connectivity index (χ3v) is 0. The van der Waals surface area contributed by atoms with Crippen molar-refractivity contribution < 1.29 is 9.59 Å². The molecule has 0 bridgehead atoms. The fraction of sp³-hybridized carbons (Fsp3) is 0.667. The molecule has 0 aromatic carbocycles. The largest absolute Gasteiger partial charge is 0.300 e. The molecule has 0 amide bonds. The van der Waals surface area contributed by atoms with E-state index in [1.54, 1.807) is 0 Å². The van der Waals surface area contributed by atoms with Crippen LogP contribution in [0.2, 0.25) is 0 Å². The van der Waals surface area contributed by atoms with Gasteiger partial charge in [-0.05, 0) is 27.7 Å². The molecule has 0 aliphatic rings. The smallest absolute Gasteiger partial charge is 0.126 e. The quantitative estimate of drug-likeness (QED) is 0.582. The molecule has 0 spiro atoms. The molecule has 0 aliphatic carbocycles. The number of hydrogen-bond donors (Lipinski definition) is 0. The first-order valence-corrected chi connectivity index (χ1v) is 2.41. The molecule has 4 radical (unpaired) electrons. The summed E-state index contributed by atoms with van der Waals surface area (Å²) in [5, 5.41) is 0. The zero-order chi connectivity index (χ0) is 7.15. The molecule has 0 fully saturated rings. The minimum Gasteiger partial charge on any atom is -0.300 e. The standard InChI is InChI=1S/2C3H6O.Sn/c2*1-3(2)4;/h2*1-2H3;. The Hall–Kier alpha value is 0.139. The van der Waals surface area contributed by atoms with Crippen molar-refractivity contribution in [1.29, 1.82) is 0 Å². The Balaban J connectivity index is -0.0000000720. The van der Waals surface area contributed by atoms with Crippen LogP contribution in [0.3, 0.4) is 0 Å². The van der Waals surface area contributed by atoms with Crippen LogP contribution in [0.1, 0.15) is 27.7 Å². The Morgan fingerprint density at radius 1 is 0.778 bits per heavy atom. The maximum Gasteiger partial charge on any atom is 0.126 e. The van der Waals surface area contributed by atoms with E-state index in [9.17, 15) is 9.59 Å². The fourth-order valence-electron chi connectivity index (χ4n) is 0. The molecular formula is C6H12O2Sn. The Kier molecular flexibility index (Phi) is 19.6. The molecule has 3 heteroatoms. The molecule has 0 N–H and O–H groups in total. The van der Waals surface area contributed by atoms with Crippen molar-refractivity contribution in [2.24, 2.45) is 0 Å². The molecule has 0 rings (SSSR count). The van der Waals surface area contributed by atoms with Gasteiger partial charge in [0.2, 0.25) is 0 Å². The Morgan fingerprint density at radius 3 is 0.778 bits per heavy atom. The fourth-order valence-corrected chi connectivity index (χ4v) is 0. The van der Waals surface area contributed by atoms with Crippen LogP contribution in [0.5, 0.6) is 0 Å². The first-order chi connectivity index (χ1) is 3.46. The summed E-state index contributed by atoms with van der Waals surface area (Å²) in [6.45, 7) is 6.11. The molecule has 0 atom stereocenters. The number of carbonyl (C=O) groups excluding carboxylic acids is 2. The number of carbonyl (C=O) groups is 2. The predicted molar refractivity (Wildman–Crippen MR) is 38.5 cm³/mol. The van der Waals surface area contributed by atoms with Crippen LogP contribution in [0.15, 0.2) is 0 Å². The molecule has 0 saturated heterocycles. The summed E-state index contributed by atoms with van der Waals surface area (Å²) in [5.74, 6) is 0.333. The van der Waals surface area contributed by atoms with Crippen molar-refractivity contribution in [3.05, 3.63) is 0 Å². The molecular weight excluding hydrogens is 223 g/mol. The van der Waals surface area contributed by atoms with E-state index in [2.05, 4.69) is 0 Å². The van der Waals surface area contributed by atoms with Gasteiger partial charge in [0, 0.05) is 23.9 Å². The normalized spacial score (nSPS) is 5.78. The van der Waals surface area contributed by atoms with Crippen molar-refractivity contribution in [3.8, 4) is 0 Å². The average molecular weight is 235 g/mol. The van der Waals surface area contributed by atoms with Gasteiger partial charge in [-0.25, -0.2) is 0 Å². The summed E-state index contributed by atoms with van der Waals surface area (Å²) in [6.07, 6.45) is 0. The number of rotatable bonds is 0. The third kappa shape index (κ3) is 15900. The summed E-state index contributed by atoms with van der Waals surface area (Å²) in [5.41, 5.74) is 0. The Bertz CT molecular complexity index is 69.1. The van der Waals surface area contributed by atoms with Crippen LogP contribution in [0, 0.1) is 0 Å². The van der Waals surface area contributed by atoms with Crippen LogP contribution < -0.4 is 0 Å². The van der Waals surface area contributed by atoms with Crippen LogP contribution in [0.25, 0.3) is 0 Å². The molecule has 9 heavy (non-hydrogen) atoms. The summed E-state index contributed by atoms with van der Waals surface area (Å²) in [7, 11) is 0. The van der Waals surface area contributed by atoms with Gasteiger partial charge >= 0.3 is 0 Å². The van der Waals surface area contributed by atoms with E-state index in [0.29, 0.717) is 0 Å². The molecule has 0 unspecified atom stereocenters. The first-order valence-electron chi connectivity index (χ1n) is 2.41. The molecule has 0 aromatic rings. The van der Waals surface area contributed by atoms with Crippen molar-refractivity contribution in [2.75, 3.05) is 0 Å². The maximum absolute atomic E-state index is 9.44. The van der Waals surface area contributed by atoms with E-state index in [1.807, 2.05) is 0 Å². The van der Waals surface area contributed by atoms with Gasteiger partial charge in [-0.2, -0.15) is 0 Å². The molecule has 0 aromatic heterocycles. The summed E-state index contributed by atoms with van der Waals surface area (Å²) >= 11 is 0. The van der Waals surface area contributed by atoms with Gasteiger partial charge < -0.3 is 9.59 Å². The minimum absolute atomic E-state index is 0. The van der Waals surface area contributed by atoms with Crippen LogP contribution in [-0.2, 0) is 9.59 Å². The number of Topliss-reactive ketones (excluding diaryl/α,β-unsaturated/α-hetero) is 2. The van der Waals surface area contributed by atoms with Gasteiger partial charge in [-0.15, -0.1) is 0 Å². The summed E-state index contributed by atoms with van der Waals surface area (Å²) in [4.78, 5) is 18.9. The zero-order valence-corrected chi connectivity index (χ0v) is 9.17. The number of hydrogen-bond acceptors (Lipinski definition) is 2. The van der Waals surface area contributed by atoms with Crippen LogP contribution in [-0.4, -0.2) is 35.5 Å². The van der Waals surface area contributed by atoms with E-state index >= 15 is 0 Å². The van der Waals surface area contributed by atoms with Crippen molar-refractivity contribution in [3.63, 3.8) is 0 Å². The summed E-state index contributed by atoms with van der Waals surface area (Å²) < 4.78 is 0. The van der Waals surface area contributed by atoms with Gasteiger partial charge in [-0.3, -0.25) is 0 Å². The molecule has 2 nitrogen and oxygen atoms in total. The topological polar surface area (TPSA) is 34.1 Å². The van der Waals surface area contributed by atoms with Crippen molar-refractivity contribution in [1.82, 2.24) is 0 Å². The van der Waals surface area contributed by atoms with Crippen LogP contribution >= 0.6 is 0 Å². The SMILES string of the molecule is CC(C)=O.CC(C)=O.[Sn]. The molecule has 0 aliphatic heterocycles. The van der Waals surface area contributed by atoms with E-state index in [4.69, 9.17) is 0 Å². The van der Waals surface area contributed by atoms with Gasteiger partial charge in [0.15, 0.2) is 0 Å². The van der Waals surface area contributed by atoms with E-state index in [-0.39, 0.29) is 35.5 Å². The van der Waals surface area contributed by atoms with E-state index < -0.39 is 0 Å². The first kappa shape index (κ1) is 16.1. The monoisotopic (exact) mass is 236 g/mol. The second-order valence-electron chi connectivity index (χ2n) is 1.82. The minimum atomic E-state index is 0. The van der Waals surface area contributed by atoms with Gasteiger partial charge in [0.05, 0.1) is 0 Å². The predicted octanol–water partition coefficient (Wildman–Crippen LogP) is 0.810. The Morgan fingerprint density at radius 2 is 0.778 bits per heavy atom. The second-order valence-corrected chi connectivity index (χ2v) is 1.82. The van der Waals surface area contributed by atoms with Crippen molar-refractivity contribution in [2.45, 2.75) is 27.7 Å². The average Bonchev–Trinajstić information content (AvgIpc) is 1.25. The van der Waals surface area contributed by atoms with Crippen molar-refractivity contribution >= 4 is 35.5 Å². The molecule has 0 heterocycles. The van der Waals surface area contributed by atoms with Gasteiger partial charge in [0.25, 0.3) is 0 Å². The van der Waals surface area contributed by atoms with Crippen LogP contribution in [0.4, 0.5) is 0 Å². The molecule has 0 saturated carbocycles. The second kappa shape index (κ2) is 11.0. The molecule has 52 valence electrons. The number of ketones is 2. The van der Waals surface area contributed by atoms with Gasteiger partial charge in [-0.1, -0.05) is 0 Å². The third-order valence-electron chi connectivity index (χ3n) is 0. The zero-order valence-electron chi connectivity index (χ0n) is 6.32. The van der Waals surface area contributed by atoms with E-state index in [0.717, 1.165) is 0 Å². The van der Waals surface area contributed by atoms with Gasteiger partial charge in [0.1, 0.15) is 11.6 Å². The van der Waals surface area contributed by atoms with E-state index in [1.165, 1.54) is 27.7 Å². The maximum atomic E-state index is 9.44.